The summed E-state index contributed by atoms with van der Waals surface area (Å²) in [4.78, 5) is 22.8. The second-order valence-electron chi connectivity index (χ2n) is 6.73. The van der Waals surface area contributed by atoms with Crippen LogP contribution in [0.1, 0.15) is 5.56 Å². The van der Waals surface area contributed by atoms with Crippen LogP contribution >= 0.6 is 15.9 Å². The summed E-state index contributed by atoms with van der Waals surface area (Å²) >= 11 is 3.35. The Bertz CT molecular complexity index is 1300. The van der Waals surface area contributed by atoms with Crippen LogP contribution < -0.4 is 15.2 Å². The number of carbonyl (C=O) groups is 1. The Balaban J connectivity index is 1.86. The number of halogens is 1. The van der Waals surface area contributed by atoms with Crippen LogP contribution in [0.2, 0.25) is 0 Å². The van der Waals surface area contributed by atoms with Crippen molar-refractivity contribution in [3.05, 3.63) is 106 Å². The van der Waals surface area contributed by atoms with Gasteiger partial charge in [-0.15, -0.1) is 0 Å². The molecule has 0 aliphatic heterocycles. The lowest BCUT2D eigenvalue weighted by atomic mass is 10.2. The van der Waals surface area contributed by atoms with Gasteiger partial charge in [0.05, 0.1) is 16.3 Å². The van der Waals surface area contributed by atoms with E-state index in [1.807, 2.05) is 6.07 Å². The Morgan fingerprint density at radius 2 is 1.67 bits per heavy atom. The molecule has 0 saturated carbocycles. The van der Waals surface area contributed by atoms with E-state index in [-0.39, 0.29) is 5.69 Å². The van der Waals surface area contributed by atoms with Gasteiger partial charge >= 0.3 is 0 Å². The molecule has 3 rings (SSSR count). The van der Waals surface area contributed by atoms with Crippen molar-refractivity contribution in [2.24, 2.45) is 0 Å². The maximum absolute atomic E-state index is 13.4. The highest BCUT2D eigenvalue weighted by molar-refractivity contribution is 9.10. The largest absolute Gasteiger partial charge is 0.299 e. The molecule has 3 aromatic rings. The number of nitro benzene ring substituents is 1. The molecule has 0 radical (unpaired) electrons. The summed E-state index contributed by atoms with van der Waals surface area (Å²) in [6, 6.07) is 20.0. The molecular weight excluding hydrogens is 512 g/mol. The van der Waals surface area contributed by atoms with Crippen molar-refractivity contribution in [1.29, 1.82) is 0 Å². The van der Waals surface area contributed by atoms with Gasteiger partial charge in [-0.25, -0.2) is 8.42 Å². The van der Waals surface area contributed by atoms with E-state index in [2.05, 4.69) is 33.4 Å². The third kappa shape index (κ3) is 5.76. The fourth-order valence-electron chi connectivity index (χ4n) is 2.92. The predicted octanol–water partition coefficient (Wildman–Crippen LogP) is 3.84. The van der Waals surface area contributed by atoms with Crippen molar-refractivity contribution < 1.29 is 18.1 Å². The van der Waals surface area contributed by atoms with Gasteiger partial charge in [-0.05, 0) is 35.9 Å². The molecule has 11 heteroatoms. The predicted molar refractivity (Wildman–Crippen MR) is 129 cm³/mol. The molecule has 0 unspecified atom stereocenters. The van der Waals surface area contributed by atoms with E-state index in [1.165, 1.54) is 24.3 Å². The summed E-state index contributed by atoms with van der Waals surface area (Å²) in [6.07, 6.45) is 0. The number of hydrazine groups is 1. The molecule has 9 nitrogen and oxygen atoms in total. The first-order valence-corrected chi connectivity index (χ1v) is 11.7. The molecule has 0 aliphatic rings. The van der Waals surface area contributed by atoms with E-state index < -0.39 is 38.0 Å². The summed E-state index contributed by atoms with van der Waals surface area (Å²) in [5.74, 6) is -0.697. The molecule has 2 N–H and O–H groups in total. The Kier molecular flexibility index (Phi) is 7.46. The van der Waals surface area contributed by atoms with Gasteiger partial charge in [0.2, 0.25) is 0 Å². The Labute approximate surface area is 199 Å². The van der Waals surface area contributed by atoms with E-state index in [4.69, 9.17) is 0 Å². The van der Waals surface area contributed by atoms with Crippen LogP contribution in [0.15, 0.2) is 94.8 Å². The number of carbonyl (C=O) groups excluding carboxylic acids is 1. The number of hydrogen-bond donors (Lipinski definition) is 2. The van der Waals surface area contributed by atoms with Crippen LogP contribution in [-0.2, 0) is 14.8 Å². The van der Waals surface area contributed by atoms with E-state index >= 15 is 0 Å². The molecule has 0 heterocycles. The van der Waals surface area contributed by atoms with Gasteiger partial charge in [0.1, 0.15) is 6.54 Å². The Morgan fingerprint density at radius 1 is 1.00 bits per heavy atom. The number of nitro groups is 1. The van der Waals surface area contributed by atoms with Crippen LogP contribution in [0.3, 0.4) is 0 Å². The van der Waals surface area contributed by atoms with Gasteiger partial charge < -0.3 is 0 Å². The second-order valence-corrected chi connectivity index (χ2v) is 9.48. The van der Waals surface area contributed by atoms with Gasteiger partial charge in [-0.3, -0.25) is 30.1 Å². The fourth-order valence-corrected chi connectivity index (χ4v) is 4.90. The van der Waals surface area contributed by atoms with Crippen molar-refractivity contribution in [2.45, 2.75) is 4.90 Å². The van der Waals surface area contributed by atoms with Crippen molar-refractivity contribution in [1.82, 2.24) is 10.9 Å². The average molecular weight is 531 g/mol. The van der Waals surface area contributed by atoms with Gasteiger partial charge in [-0.2, -0.15) is 0 Å². The number of hydrogen-bond acceptors (Lipinski definition) is 6. The molecule has 0 bridgehead atoms. The zero-order valence-electron chi connectivity index (χ0n) is 17.1. The van der Waals surface area contributed by atoms with Crippen molar-refractivity contribution in [3.63, 3.8) is 0 Å². The van der Waals surface area contributed by atoms with Gasteiger partial charge in [0.15, 0.2) is 4.90 Å². The number of para-hydroxylation sites is 2. The van der Waals surface area contributed by atoms with Crippen molar-refractivity contribution >= 4 is 48.9 Å². The molecule has 33 heavy (non-hydrogen) atoms. The first-order chi connectivity index (χ1) is 15.7. The van der Waals surface area contributed by atoms with E-state index in [1.54, 1.807) is 36.4 Å². The van der Waals surface area contributed by atoms with Gasteiger partial charge in [0, 0.05) is 10.5 Å². The Hall–Kier alpha value is -3.70. The molecular formula is C22H19BrN4O5S. The molecule has 1 amide bonds. The maximum atomic E-state index is 13.4. The minimum absolute atomic E-state index is 0.177. The molecule has 0 aromatic heterocycles. The normalized spacial score (nSPS) is 10.8. The summed E-state index contributed by atoms with van der Waals surface area (Å²) in [6.45, 7) is 3.22. The first-order valence-electron chi connectivity index (χ1n) is 9.51. The lowest BCUT2D eigenvalue weighted by Gasteiger charge is -2.24. The zero-order chi connectivity index (χ0) is 24.0. The smallest absolute Gasteiger partial charge is 0.289 e. The highest BCUT2D eigenvalue weighted by Crippen LogP contribution is 2.29. The Morgan fingerprint density at radius 3 is 2.33 bits per heavy atom. The highest BCUT2D eigenvalue weighted by Gasteiger charge is 2.33. The fraction of sp³-hybridized carbons (Fsp3) is 0.0455. The summed E-state index contributed by atoms with van der Waals surface area (Å²) in [7, 11) is -4.45. The molecule has 3 aromatic carbocycles. The van der Waals surface area contributed by atoms with Crippen LogP contribution in [0.25, 0.3) is 5.70 Å². The summed E-state index contributed by atoms with van der Waals surface area (Å²) < 4.78 is 28.4. The SMILES string of the molecule is C=C(NNC(=O)CN(c1ccccc1)S(=O)(=O)c1ccccc1[N+](=O)[O-])c1cccc(Br)c1. The average Bonchev–Trinajstić information content (AvgIpc) is 2.81. The quantitative estimate of drug-likeness (QED) is 0.320. The summed E-state index contributed by atoms with van der Waals surface area (Å²) in [5.41, 5.74) is 5.76. The number of sulfonamides is 1. The van der Waals surface area contributed by atoms with Gasteiger partial charge in [-0.1, -0.05) is 65.0 Å². The lowest BCUT2D eigenvalue weighted by molar-refractivity contribution is -0.387. The molecule has 0 saturated heterocycles. The van der Waals surface area contributed by atoms with Gasteiger partial charge in [0.25, 0.3) is 21.6 Å². The van der Waals surface area contributed by atoms with Crippen LogP contribution in [-0.4, -0.2) is 25.8 Å². The van der Waals surface area contributed by atoms with Crippen molar-refractivity contribution in [2.75, 3.05) is 10.8 Å². The summed E-state index contributed by atoms with van der Waals surface area (Å²) in [5, 5.41) is 11.4. The molecule has 170 valence electrons. The number of rotatable bonds is 9. The molecule has 0 fully saturated rings. The van der Waals surface area contributed by atoms with E-state index in [0.717, 1.165) is 20.9 Å². The number of nitrogens with zero attached hydrogens (tertiary/aromatic N) is 2. The second kappa shape index (κ2) is 10.3. The van der Waals surface area contributed by atoms with Crippen LogP contribution in [0.4, 0.5) is 11.4 Å². The van der Waals surface area contributed by atoms with Crippen molar-refractivity contribution in [3.8, 4) is 0 Å². The third-order valence-electron chi connectivity index (χ3n) is 4.49. The first kappa shape index (κ1) is 24.0. The van der Waals surface area contributed by atoms with Crippen LogP contribution in [0, 0.1) is 10.1 Å². The number of benzene rings is 3. The minimum Gasteiger partial charge on any atom is -0.299 e. The molecule has 0 spiro atoms. The maximum Gasteiger partial charge on any atom is 0.289 e. The third-order valence-corrected chi connectivity index (χ3v) is 6.80. The molecule has 0 aliphatic carbocycles. The molecule has 0 atom stereocenters. The highest BCUT2D eigenvalue weighted by atomic mass is 79.9. The van der Waals surface area contributed by atoms with E-state index in [9.17, 15) is 23.3 Å². The number of amides is 1. The topological polar surface area (TPSA) is 122 Å². The standard InChI is InChI=1S/C22H19BrN4O5S/c1-16(17-8-7-9-18(23)14-17)24-25-22(28)15-26(19-10-3-2-4-11-19)33(31,32)21-13-6-5-12-20(21)27(29)30/h2-14,24H,1,15H2,(H,25,28). The minimum atomic E-state index is -4.45. The number of anilines is 1. The zero-order valence-corrected chi connectivity index (χ0v) is 19.5. The van der Waals surface area contributed by atoms with Crippen LogP contribution in [0.5, 0.6) is 0 Å². The lowest BCUT2D eigenvalue weighted by Crippen LogP contribution is -2.45. The van der Waals surface area contributed by atoms with E-state index in [0.29, 0.717) is 11.3 Å². The monoisotopic (exact) mass is 530 g/mol. The number of nitrogens with one attached hydrogen (secondary N) is 2.